The number of carbonyl (C=O) groups excluding carboxylic acids is 2. The molecule has 0 unspecified atom stereocenters. The molecular weight excluding hydrogens is 256 g/mol. The average Bonchev–Trinajstić information content (AvgIpc) is 2.66. The number of hydrogen-bond acceptors (Lipinski definition) is 4. The Morgan fingerprint density at radius 2 is 1.67 bits per heavy atom. The summed E-state index contributed by atoms with van der Waals surface area (Å²) in [7, 11) is 5.61. The van der Waals surface area contributed by atoms with E-state index >= 15 is 0 Å². The van der Waals surface area contributed by atoms with Gasteiger partial charge in [0, 0.05) is 64.5 Å². The Morgan fingerprint density at radius 3 is 1.72 bits per heavy atom. The van der Waals surface area contributed by atoms with Crippen molar-refractivity contribution in [1.82, 2.24) is 9.80 Å². The van der Waals surface area contributed by atoms with Crippen LogP contribution in [0.5, 0.6) is 0 Å². The molecule has 1 aliphatic rings. The van der Waals surface area contributed by atoms with Crippen LogP contribution in [0.15, 0.2) is 0 Å². The molecule has 0 aliphatic carbocycles. The minimum absolute atomic E-state index is 0.292. The smallest absolute Gasteiger partial charge is 0.222 e. The van der Waals surface area contributed by atoms with Crippen molar-refractivity contribution in [2.24, 2.45) is 0 Å². The van der Waals surface area contributed by atoms with Crippen molar-refractivity contribution in [2.75, 3.05) is 47.3 Å². The fourth-order valence-electron chi connectivity index (χ4n) is 0.783. The highest BCUT2D eigenvalue weighted by molar-refractivity contribution is 7.83. The molecule has 6 nitrogen and oxygen atoms in total. The first kappa shape index (κ1) is 22.2. The van der Waals surface area contributed by atoms with Gasteiger partial charge in [-0.3, -0.25) is 13.8 Å². The van der Waals surface area contributed by atoms with Crippen LogP contribution in [0.25, 0.3) is 0 Å². The van der Waals surface area contributed by atoms with Crippen molar-refractivity contribution in [3.8, 4) is 0 Å². The van der Waals surface area contributed by atoms with Crippen LogP contribution < -0.4 is 0 Å². The second-order valence-electron chi connectivity index (χ2n) is 3.73. The fourth-order valence-corrected chi connectivity index (χ4v) is 0.783. The Morgan fingerprint density at radius 1 is 1.33 bits per heavy atom. The minimum atomic E-state index is -0.611. The summed E-state index contributed by atoms with van der Waals surface area (Å²) in [6, 6.07) is 0. The van der Waals surface area contributed by atoms with Gasteiger partial charge >= 0.3 is 0 Å². The molecule has 0 bridgehead atoms. The largest absolute Gasteiger partial charge is 0.400 e. The maximum Gasteiger partial charge on any atom is 0.222 e. The van der Waals surface area contributed by atoms with Gasteiger partial charge in [0.2, 0.25) is 12.3 Å². The Hall–Kier alpha value is -0.950. The predicted octanol–water partition coefficient (Wildman–Crippen LogP) is -0.454. The first-order valence-electron chi connectivity index (χ1n) is 5.36. The highest BCUT2D eigenvalue weighted by Gasteiger charge is 2.14. The monoisotopic (exact) mass is 282 g/mol. The molecule has 1 aliphatic heterocycles. The number of hydrogen-bond donors (Lipinski definition) is 1. The summed E-state index contributed by atoms with van der Waals surface area (Å²) in [6.45, 7) is 0.957. The summed E-state index contributed by atoms with van der Waals surface area (Å²) >= 11 is 0. The fraction of sp³-hybridized carbons (Fsp3) is 0.818. The van der Waals surface area contributed by atoms with Gasteiger partial charge in [0.25, 0.3) is 0 Å². The SMILES string of the molecule is CN(C)C=O.CN1CCCC1=O.CO.CS(C)=O. The molecule has 1 heterocycles. The standard InChI is InChI=1S/C5H9NO.C3H7NO.C2H6OS.CH4O/c1-6-4-2-3-5(6)7;1-4(2)3-5;1-4(2)3;1-2/h2-4H2,1H3;3H,1-2H3;1-2H3;2H,1H3. The van der Waals surface area contributed by atoms with E-state index in [1.165, 1.54) is 4.90 Å². The van der Waals surface area contributed by atoms with Gasteiger partial charge in [-0.15, -0.1) is 0 Å². The van der Waals surface area contributed by atoms with Crippen LogP contribution in [0, 0.1) is 0 Å². The molecule has 7 heteroatoms. The second-order valence-corrected chi connectivity index (χ2v) is 5.21. The number of likely N-dealkylation sites (tertiary alicyclic amines) is 1. The molecule has 18 heavy (non-hydrogen) atoms. The van der Waals surface area contributed by atoms with Gasteiger partial charge in [0.05, 0.1) is 0 Å². The average molecular weight is 282 g/mol. The van der Waals surface area contributed by atoms with Crippen LogP contribution >= 0.6 is 0 Å². The second kappa shape index (κ2) is 16.1. The number of carbonyl (C=O) groups is 2. The van der Waals surface area contributed by atoms with Gasteiger partial charge in [0.1, 0.15) is 0 Å². The molecule has 2 amide bonds. The van der Waals surface area contributed by atoms with E-state index < -0.39 is 10.8 Å². The van der Waals surface area contributed by atoms with Gasteiger partial charge < -0.3 is 14.9 Å². The van der Waals surface area contributed by atoms with Crippen LogP contribution in [-0.4, -0.2) is 78.7 Å². The lowest BCUT2D eigenvalue weighted by Crippen LogP contribution is -2.17. The molecule has 0 spiro atoms. The molecular formula is C11H26N2O4S. The van der Waals surface area contributed by atoms with Crippen LogP contribution in [0.2, 0.25) is 0 Å². The van der Waals surface area contributed by atoms with Gasteiger partial charge in [-0.2, -0.15) is 0 Å². The molecule has 110 valence electrons. The zero-order valence-corrected chi connectivity index (χ0v) is 13.0. The third-order valence-corrected chi connectivity index (χ3v) is 1.52. The van der Waals surface area contributed by atoms with Crippen molar-refractivity contribution in [2.45, 2.75) is 12.8 Å². The predicted molar refractivity (Wildman–Crippen MR) is 74.8 cm³/mol. The summed E-state index contributed by atoms with van der Waals surface area (Å²) in [5.74, 6) is 0.292. The molecule has 0 aromatic rings. The molecule has 0 saturated carbocycles. The quantitative estimate of drug-likeness (QED) is 0.661. The number of aliphatic hydroxyl groups is 1. The summed E-state index contributed by atoms with van der Waals surface area (Å²) in [5, 5.41) is 7.00. The van der Waals surface area contributed by atoms with Gasteiger partial charge in [-0.1, -0.05) is 0 Å². The van der Waals surface area contributed by atoms with Crippen molar-refractivity contribution in [3.63, 3.8) is 0 Å². The topological polar surface area (TPSA) is 77.9 Å². The number of rotatable bonds is 1. The zero-order valence-electron chi connectivity index (χ0n) is 12.2. The molecule has 0 aromatic carbocycles. The Labute approximate surface area is 112 Å². The van der Waals surface area contributed by atoms with E-state index in [1.54, 1.807) is 31.5 Å². The molecule has 0 aromatic heterocycles. The first-order valence-corrected chi connectivity index (χ1v) is 7.33. The van der Waals surface area contributed by atoms with Crippen molar-refractivity contribution in [3.05, 3.63) is 0 Å². The Balaban J connectivity index is -0.000000183. The van der Waals surface area contributed by atoms with Crippen LogP contribution in [0.1, 0.15) is 12.8 Å². The summed E-state index contributed by atoms with van der Waals surface area (Å²) in [4.78, 5) is 23.1. The van der Waals surface area contributed by atoms with Crippen molar-refractivity contribution in [1.29, 1.82) is 0 Å². The normalized spacial score (nSPS) is 12.4. The first-order chi connectivity index (χ1) is 8.31. The lowest BCUT2D eigenvalue weighted by Gasteiger charge is -2.03. The summed E-state index contributed by atoms with van der Waals surface area (Å²) in [6.07, 6.45) is 5.84. The summed E-state index contributed by atoms with van der Waals surface area (Å²) < 4.78 is 9.56. The third-order valence-electron chi connectivity index (χ3n) is 1.52. The van der Waals surface area contributed by atoms with E-state index in [4.69, 9.17) is 5.11 Å². The molecule has 1 saturated heterocycles. The minimum Gasteiger partial charge on any atom is -0.400 e. The van der Waals surface area contributed by atoms with Crippen molar-refractivity contribution < 1.29 is 18.9 Å². The van der Waals surface area contributed by atoms with E-state index in [9.17, 15) is 13.8 Å². The van der Waals surface area contributed by atoms with Gasteiger partial charge in [-0.25, -0.2) is 0 Å². The van der Waals surface area contributed by atoms with E-state index in [0.29, 0.717) is 5.91 Å². The molecule has 1 rings (SSSR count). The highest BCUT2D eigenvalue weighted by atomic mass is 32.2. The maximum atomic E-state index is 10.5. The molecule has 0 radical (unpaired) electrons. The van der Waals surface area contributed by atoms with Crippen LogP contribution in [0.4, 0.5) is 0 Å². The van der Waals surface area contributed by atoms with E-state index in [1.807, 2.05) is 7.05 Å². The van der Waals surface area contributed by atoms with E-state index in [2.05, 4.69) is 0 Å². The lowest BCUT2D eigenvalue weighted by molar-refractivity contribution is -0.126. The molecule has 1 N–H and O–H groups in total. The van der Waals surface area contributed by atoms with Gasteiger partial charge in [-0.05, 0) is 6.42 Å². The van der Waals surface area contributed by atoms with Crippen LogP contribution in [0.3, 0.4) is 0 Å². The Kier molecular flexibility index (Phi) is 19.8. The number of amides is 2. The van der Waals surface area contributed by atoms with Crippen molar-refractivity contribution >= 4 is 23.1 Å². The zero-order chi connectivity index (χ0) is 15.1. The Bertz CT molecular complexity index is 231. The van der Waals surface area contributed by atoms with Crippen LogP contribution in [-0.2, 0) is 20.4 Å². The third kappa shape index (κ3) is 24.3. The molecule has 0 atom stereocenters. The molecule has 1 fully saturated rings. The number of nitrogens with zero attached hydrogens (tertiary/aromatic N) is 2. The van der Waals surface area contributed by atoms with E-state index in [0.717, 1.165) is 32.9 Å². The maximum absolute atomic E-state index is 10.5. The lowest BCUT2D eigenvalue weighted by atomic mass is 10.4. The number of aliphatic hydroxyl groups excluding tert-OH is 1. The summed E-state index contributed by atoms with van der Waals surface area (Å²) in [5.41, 5.74) is 0. The van der Waals surface area contributed by atoms with E-state index in [-0.39, 0.29) is 0 Å². The highest BCUT2D eigenvalue weighted by Crippen LogP contribution is 2.04. The van der Waals surface area contributed by atoms with Gasteiger partial charge in [0.15, 0.2) is 0 Å².